The van der Waals surface area contributed by atoms with Crippen molar-refractivity contribution in [2.75, 3.05) is 7.11 Å². The van der Waals surface area contributed by atoms with Crippen LogP contribution in [-0.2, 0) is 16.1 Å². The quantitative estimate of drug-likeness (QED) is 0.869. The minimum atomic E-state index is -0.343. The number of methoxy groups -OCH3 is 1. The van der Waals surface area contributed by atoms with Crippen LogP contribution in [0.25, 0.3) is 0 Å². The van der Waals surface area contributed by atoms with Crippen molar-refractivity contribution in [2.24, 2.45) is 0 Å². The third-order valence-corrected chi connectivity index (χ3v) is 3.01. The van der Waals surface area contributed by atoms with Gasteiger partial charge in [0.05, 0.1) is 7.11 Å². The second-order valence-corrected chi connectivity index (χ2v) is 4.68. The van der Waals surface area contributed by atoms with Crippen LogP contribution in [0.5, 0.6) is 0 Å². The average molecular weight is 307 g/mol. The number of benzene rings is 1. The average Bonchev–Trinajstić information content (AvgIpc) is 2.26. The molecular formula is C11H13BrClNO2. The fourth-order valence-corrected chi connectivity index (χ4v) is 1.93. The number of carbonyl (C=O) groups excluding carboxylic acids is 1. The Bertz CT molecular complexity index is 384. The lowest BCUT2D eigenvalue weighted by atomic mass is 10.2. The van der Waals surface area contributed by atoms with Crippen LogP contribution in [0.4, 0.5) is 0 Å². The summed E-state index contributed by atoms with van der Waals surface area (Å²) in [5.41, 5.74) is 0.945. The molecule has 5 heteroatoms. The van der Waals surface area contributed by atoms with Gasteiger partial charge >= 0.3 is 5.97 Å². The topological polar surface area (TPSA) is 38.3 Å². The van der Waals surface area contributed by atoms with Crippen molar-refractivity contribution in [2.45, 2.75) is 19.5 Å². The van der Waals surface area contributed by atoms with Crippen molar-refractivity contribution in [3.63, 3.8) is 0 Å². The second-order valence-electron chi connectivity index (χ2n) is 3.36. The third-order valence-electron chi connectivity index (χ3n) is 2.17. The van der Waals surface area contributed by atoms with Gasteiger partial charge in [-0.25, -0.2) is 0 Å². The first kappa shape index (κ1) is 13.5. The van der Waals surface area contributed by atoms with E-state index in [4.69, 9.17) is 11.6 Å². The first-order chi connectivity index (χ1) is 7.54. The normalized spacial score (nSPS) is 12.2. The number of rotatable bonds is 4. The molecule has 0 amide bonds. The van der Waals surface area contributed by atoms with Crippen LogP contribution < -0.4 is 5.32 Å². The predicted molar refractivity (Wildman–Crippen MR) is 67.5 cm³/mol. The SMILES string of the molecule is COC(=O)C(C)NCc1ccc(Br)cc1Cl. The summed E-state index contributed by atoms with van der Waals surface area (Å²) in [7, 11) is 1.37. The van der Waals surface area contributed by atoms with Crippen molar-refractivity contribution in [1.29, 1.82) is 0 Å². The Labute approximate surface area is 108 Å². The molecule has 16 heavy (non-hydrogen) atoms. The predicted octanol–water partition coefficient (Wildman–Crippen LogP) is 2.75. The molecule has 0 aliphatic heterocycles. The summed E-state index contributed by atoms with van der Waals surface area (Å²) >= 11 is 9.37. The minimum absolute atomic E-state index is 0.284. The van der Waals surface area contributed by atoms with Gasteiger partial charge in [0.15, 0.2) is 0 Å². The molecule has 1 rings (SSSR count). The second kappa shape index (κ2) is 6.23. The number of nitrogens with one attached hydrogen (secondary N) is 1. The van der Waals surface area contributed by atoms with Crippen molar-refractivity contribution < 1.29 is 9.53 Å². The number of hydrogen-bond acceptors (Lipinski definition) is 3. The number of ether oxygens (including phenoxy) is 1. The molecule has 0 radical (unpaired) electrons. The lowest BCUT2D eigenvalue weighted by Crippen LogP contribution is -2.34. The molecule has 0 heterocycles. The molecule has 0 spiro atoms. The van der Waals surface area contributed by atoms with Crippen LogP contribution in [-0.4, -0.2) is 19.1 Å². The van der Waals surface area contributed by atoms with E-state index in [1.807, 2.05) is 18.2 Å². The zero-order valence-electron chi connectivity index (χ0n) is 9.09. The molecule has 1 unspecified atom stereocenters. The Morgan fingerprint density at radius 3 is 2.88 bits per heavy atom. The molecule has 3 nitrogen and oxygen atoms in total. The number of carbonyl (C=O) groups is 1. The molecule has 0 saturated carbocycles. The highest BCUT2D eigenvalue weighted by Gasteiger charge is 2.12. The Morgan fingerprint density at radius 1 is 1.62 bits per heavy atom. The highest BCUT2D eigenvalue weighted by molar-refractivity contribution is 9.10. The molecule has 88 valence electrons. The van der Waals surface area contributed by atoms with E-state index < -0.39 is 0 Å². The van der Waals surface area contributed by atoms with Crippen LogP contribution in [0, 0.1) is 0 Å². The largest absolute Gasteiger partial charge is 0.468 e. The summed E-state index contributed by atoms with van der Waals surface area (Å²) in [4.78, 5) is 11.1. The standard InChI is InChI=1S/C11H13BrClNO2/c1-7(11(15)16-2)14-6-8-3-4-9(12)5-10(8)13/h3-5,7,14H,6H2,1-2H3. The van der Waals surface area contributed by atoms with Crippen molar-refractivity contribution in [3.8, 4) is 0 Å². The molecule has 0 aliphatic rings. The molecule has 0 bridgehead atoms. The van der Waals surface area contributed by atoms with E-state index in [9.17, 15) is 4.79 Å². The molecule has 1 aromatic carbocycles. The van der Waals surface area contributed by atoms with Gasteiger partial charge in [0.1, 0.15) is 6.04 Å². The Morgan fingerprint density at radius 2 is 2.31 bits per heavy atom. The maximum Gasteiger partial charge on any atom is 0.322 e. The molecule has 0 aliphatic carbocycles. The highest BCUT2D eigenvalue weighted by Crippen LogP contribution is 2.21. The fourth-order valence-electron chi connectivity index (χ4n) is 1.19. The van der Waals surface area contributed by atoms with Gasteiger partial charge in [-0.3, -0.25) is 4.79 Å². The first-order valence-corrected chi connectivity index (χ1v) is 5.97. The van der Waals surface area contributed by atoms with E-state index in [0.29, 0.717) is 11.6 Å². The lowest BCUT2D eigenvalue weighted by molar-refractivity contribution is -0.142. The van der Waals surface area contributed by atoms with Crippen LogP contribution in [0.1, 0.15) is 12.5 Å². The summed E-state index contributed by atoms with van der Waals surface area (Å²) in [6.45, 7) is 2.28. The van der Waals surface area contributed by atoms with Crippen LogP contribution in [0.15, 0.2) is 22.7 Å². The Kier molecular flexibility index (Phi) is 5.25. The molecule has 1 N–H and O–H groups in total. The van der Waals surface area contributed by atoms with Crippen molar-refractivity contribution in [1.82, 2.24) is 5.32 Å². The number of halogens is 2. The van der Waals surface area contributed by atoms with Crippen molar-refractivity contribution in [3.05, 3.63) is 33.3 Å². The van der Waals surface area contributed by atoms with Gasteiger partial charge in [-0.05, 0) is 24.6 Å². The Hall–Kier alpha value is -0.580. The molecule has 0 aromatic heterocycles. The van der Waals surface area contributed by atoms with Crippen LogP contribution in [0.2, 0.25) is 5.02 Å². The van der Waals surface area contributed by atoms with Gasteiger partial charge in [-0.2, -0.15) is 0 Å². The van der Waals surface area contributed by atoms with E-state index in [1.54, 1.807) is 6.92 Å². The van der Waals surface area contributed by atoms with Gasteiger partial charge in [-0.15, -0.1) is 0 Å². The van der Waals surface area contributed by atoms with Gasteiger partial charge in [0, 0.05) is 16.0 Å². The summed E-state index contributed by atoms with van der Waals surface area (Å²) in [5, 5.41) is 3.70. The summed E-state index contributed by atoms with van der Waals surface area (Å²) in [6.07, 6.45) is 0. The summed E-state index contributed by atoms with van der Waals surface area (Å²) in [5.74, 6) is -0.284. The van der Waals surface area contributed by atoms with E-state index in [2.05, 4.69) is 26.0 Å². The minimum Gasteiger partial charge on any atom is -0.468 e. The highest BCUT2D eigenvalue weighted by atomic mass is 79.9. The number of hydrogen-bond donors (Lipinski definition) is 1. The van der Waals surface area contributed by atoms with Crippen LogP contribution >= 0.6 is 27.5 Å². The summed E-state index contributed by atoms with van der Waals surface area (Å²) < 4.78 is 5.54. The fraction of sp³-hybridized carbons (Fsp3) is 0.364. The lowest BCUT2D eigenvalue weighted by Gasteiger charge is -2.12. The van der Waals surface area contributed by atoms with Gasteiger partial charge in [0.25, 0.3) is 0 Å². The van der Waals surface area contributed by atoms with E-state index in [0.717, 1.165) is 10.0 Å². The zero-order chi connectivity index (χ0) is 12.1. The summed E-state index contributed by atoms with van der Waals surface area (Å²) in [6, 6.07) is 5.29. The monoisotopic (exact) mass is 305 g/mol. The van der Waals surface area contributed by atoms with E-state index in [1.165, 1.54) is 7.11 Å². The maximum atomic E-state index is 11.1. The molecule has 1 aromatic rings. The van der Waals surface area contributed by atoms with Crippen molar-refractivity contribution >= 4 is 33.5 Å². The van der Waals surface area contributed by atoms with Crippen LogP contribution in [0.3, 0.4) is 0 Å². The van der Waals surface area contributed by atoms with Gasteiger partial charge in [-0.1, -0.05) is 33.6 Å². The molecule has 1 atom stereocenters. The smallest absolute Gasteiger partial charge is 0.322 e. The Balaban J connectivity index is 2.58. The van der Waals surface area contributed by atoms with E-state index in [-0.39, 0.29) is 12.0 Å². The number of esters is 1. The molecular weight excluding hydrogens is 293 g/mol. The zero-order valence-corrected chi connectivity index (χ0v) is 11.4. The van der Waals surface area contributed by atoms with E-state index >= 15 is 0 Å². The van der Waals surface area contributed by atoms with Gasteiger partial charge < -0.3 is 10.1 Å². The van der Waals surface area contributed by atoms with Gasteiger partial charge in [0.2, 0.25) is 0 Å². The molecule has 0 saturated heterocycles. The first-order valence-electron chi connectivity index (χ1n) is 4.79. The third kappa shape index (κ3) is 3.77. The molecule has 0 fully saturated rings. The maximum absolute atomic E-state index is 11.1.